The molecule has 2 rings (SSSR count). The maximum absolute atomic E-state index is 12.4. The lowest BCUT2D eigenvalue weighted by Crippen LogP contribution is -2.42. The van der Waals surface area contributed by atoms with E-state index in [0.29, 0.717) is 12.5 Å². The fraction of sp³-hybridized carbons (Fsp3) is 0.938. The fourth-order valence-corrected chi connectivity index (χ4v) is 4.01. The van der Waals surface area contributed by atoms with Gasteiger partial charge in [-0.1, -0.05) is 32.6 Å². The van der Waals surface area contributed by atoms with Gasteiger partial charge >= 0.3 is 0 Å². The van der Waals surface area contributed by atoms with E-state index in [1.54, 1.807) is 0 Å². The van der Waals surface area contributed by atoms with Crippen molar-refractivity contribution in [1.29, 1.82) is 0 Å². The van der Waals surface area contributed by atoms with Crippen LogP contribution < -0.4 is 11.1 Å². The highest BCUT2D eigenvalue weighted by Crippen LogP contribution is 2.42. The van der Waals surface area contributed by atoms with Crippen molar-refractivity contribution in [2.45, 2.75) is 70.8 Å². The summed E-state index contributed by atoms with van der Waals surface area (Å²) in [4.78, 5) is 12.4. The molecule has 0 aromatic heterocycles. The Hall–Kier alpha value is -0.570. The van der Waals surface area contributed by atoms with E-state index in [9.17, 15) is 4.79 Å². The van der Waals surface area contributed by atoms with Gasteiger partial charge < -0.3 is 11.1 Å². The summed E-state index contributed by atoms with van der Waals surface area (Å²) in [5, 5.41) is 3.21. The number of rotatable bonds is 5. The van der Waals surface area contributed by atoms with Gasteiger partial charge in [0.2, 0.25) is 5.91 Å². The number of nitrogens with one attached hydrogen (secondary N) is 1. The summed E-state index contributed by atoms with van der Waals surface area (Å²) >= 11 is 0. The number of fused-ring (bicyclic) bond motifs is 1. The molecule has 3 N–H and O–H groups in total. The van der Waals surface area contributed by atoms with Crippen LogP contribution in [0.25, 0.3) is 0 Å². The monoisotopic (exact) mass is 266 g/mol. The van der Waals surface area contributed by atoms with Gasteiger partial charge in [0, 0.05) is 12.0 Å². The lowest BCUT2D eigenvalue weighted by Gasteiger charge is -2.39. The molecule has 2 aliphatic carbocycles. The van der Waals surface area contributed by atoms with E-state index < -0.39 is 0 Å². The van der Waals surface area contributed by atoms with Gasteiger partial charge in [0.1, 0.15) is 0 Å². The van der Waals surface area contributed by atoms with Gasteiger partial charge in [0.15, 0.2) is 0 Å². The van der Waals surface area contributed by atoms with E-state index in [1.165, 1.54) is 32.1 Å². The third-order valence-electron chi connectivity index (χ3n) is 5.26. The molecule has 0 radical (unpaired) electrons. The first kappa shape index (κ1) is 14.8. The van der Waals surface area contributed by atoms with Crippen LogP contribution in [-0.4, -0.2) is 18.5 Å². The van der Waals surface area contributed by atoms with Gasteiger partial charge in [-0.25, -0.2) is 0 Å². The lowest BCUT2D eigenvalue weighted by atomic mass is 9.67. The average Bonchev–Trinajstić information content (AvgIpc) is 2.46. The Morgan fingerprint density at radius 2 is 1.95 bits per heavy atom. The first-order chi connectivity index (χ1) is 9.24. The van der Waals surface area contributed by atoms with E-state index in [4.69, 9.17) is 5.73 Å². The SMILES string of the molecule is CCC(CCN)NC(=O)C1CCC2CCCCC2C1. The van der Waals surface area contributed by atoms with E-state index in [-0.39, 0.29) is 12.0 Å². The molecule has 0 saturated heterocycles. The second-order valence-electron chi connectivity index (χ2n) is 6.51. The number of carbonyl (C=O) groups is 1. The maximum atomic E-state index is 12.4. The summed E-state index contributed by atoms with van der Waals surface area (Å²) in [7, 11) is 0. The van der Waals surface area contributed by atoms with E-state index >= 15 is 0 Å². The highest BCUT2D eigenvalue weighted by molar-refractivity contribution is 5.79. The molecule has 2 aliphatic rings. The number of nitrogens with two attached hydrogens (primary N) is 1. The van der Waals surface area contributed by atoms with Gasteiger partial charge in [-0.05, 0) is 50.5 Å². The molecule has 0 bridgehead atoms. The summed E-state index contributed by atoms with van der Waals surface area (Å²) in [6.45, 7) is 2.78. The molecular weight excluding hydrogens is 236 g/mol. The Bertz CT molecular complexity index is 292. The van der Waals surface area contributed by atoms with Crippen LogP contribution >= 0.6 is 0 Å². The molecular formula is C16H30N2O. The summed E-state index contributed by atoms with van der Waals surface area (Å²) in [6, 6.07) is 0.279. The normalized spacial score (nSPS) is 32.4. The quantitative estimate of drug-likeness (QED) is 0.804. The highest BCUT2D eigenvalue weighted by atomic mass is 16.1. The van der Waals surface area contributed by atoms with E-state index in [2.05, 4.69) is 12.2 Å². The summed E-state index contributed by atoms with van der Waals surface area (Å²) in [6.07, 6.45) is 11.0. The van der Waals surface area contributed by atoms with E-state index in [0.717, 1.165) is 37.5 Å². The summed E-state index contributed by atoms with van der Waals surface area (Å²) < 4.78 is 0. The predicted octanol–water partition coefficient (Wildman–Crippen LogP) is 2.84. The van der Waals surface area contributed by atoms with Crippen molar-refractivity contribution in [2.75, 3.05) is 6.54 Å². The Morgan fingerprint density at radius 3 is 2.63 bits per heavy atom. The Kier molecular flexibility index (Phi) is 5.68. The zero-order valence-electron chi connectivity index (χ0n) is 12.4. The fourth-order valence-electron chi connectivity index (χ4n) is 4.01. The molecule has 3 nitrogen and oxygen atoms in total. The van der Waals surface area contributed by atoms with E-state index in [1.807, 2.05) is 0 Å². The minimum Gasteiger partial charge on any atom is -0.353 e. The third kappa shape index (κ3) is 3.95. The van der Waals surface area contributed by atoms with Gasteiger partial charge in [-0.2, -0.15) is 0 Å². The molecule has 2 fully saturated rings. The van der Waals surface area contributed by atoms with Crippen molar-refractivity contribution in [1.82, 2.24) is 5.32 Å². The molecule has 0 heterocycles. The first-order valence-corrected chi connectivity index (χ1v) is 8.25. The van der Waals surface area contributed by atoms with Crippen molar-refractivity contribution in [3.05, 3.63) is 0 Å². The second kappa shape index (κ2) is 7.28. The van der Waals surface area contributed by atoms with Gasteiger partial charge in [0.05, 0.1) is 0 Å². The molecule has 0 aliphatic heterocycles. The van der Waals surface area contributed by atoms with Crippen LogP contribution in [0, 0.1) is 17.8 Å². The van der Waals surface area contributed by atoms with Crippen LogP contribution in [0.15, 0.2) is 0 Å². The molecule has 2 saturated carbocycles. The van der Waals surface area contributed by atoms with Crippen molar-refractivity contribution in [3.63, 3.8) is 0 Å². The van der Waals surface area contributed by atoms with Crippen molar-refractivity contribution >= 4 is 5.91 Å². The zero-order valence-corrected chi connectivity index (χ0v) is 12.4. The molecule has 0 aromatic carbocycles. The third-order valence-corrected chi connectivity index (χ3v) is 5.26. The summed E-state index contributed by atoms with van der Waals surface area (Å²) in [5.74, 6) is 2.31. The van der Waals surface area contributed by atoms with Crippen LogP contribution in [-0.2, 0) is 4.79 Å². The van der Waals surface area contributed by atoms with Crippen LogP contribution in [0.1, 0.15) is 64.7 Å². The minimum absolute atomic E-state index is 0.270. The molecule has 1 amide bonds. The molecule has 4 atom stereocenters. The largest absolute Gasteiger partial charge is 0.353 e. The highest BCUT2D eigenvalue weighted by Gasteiger charge is 2.35. The smallest absolute Gasteiger partial charge is 0.223 e. The van der Waals surface area contributed by atoms with Crippen molar-refractivity contribution < 1.29 is 4.79 Å². The van der Waals surface area contributed by atoms with Crippen LogP contribution in [0.5, 0.6) is 0 Å². The molecule has 4 unspecified atom stereocenters. The number of hydrogen-bond acceptors (Lipinski definition) is 2. The minimum atomic E-state index is 0.270. The van der Waals surface area contributed by atoms with Crippen LogP contribution in [0.2, 0.25) is 0 Å². The van der Waals surface area contributed by atoms with Gasteiger partial charge in [-0.3, -0.25) is 4.79 Å². The summed E-state index contributed by atoms with van der Waals surface area (Å²) in [5.41, 5.74) is 5.60. The van der Waals surface area contributed by atoms with Crippen molar-refractivity contribution in [3.8, 4) is 0 Å². The standard InChI is InChI=1S/C16H30N2O/c1-2-15(9-10-17)18-16(19)14-8-7-12-5-3-4-6-13(12)11-14/h12-15H,2-11,17H2,1H3,(H,18,19). The molecule has 110 valence electrons. The Labute approximate surface area is 117 Å². The Balaban J connectivity index is 1.82. The molecule has 19 heavy (non-hydrogen) atoms. The van der Waals surface area contributed by atoms with Crippen LogP contribution in [0.3, 0.4) is 0 Å². The van der Waals surface area contributed by atoms with Crippen LogP contribution in [0.4, 0.5) is 0 Å². The predicted molar refractivity (Wildman–Crippen MR) is 78.7 cm³/mol. The number of hydrogen-bond donors (Lipinski definition) is 2. The zero-order chi connectivity index (χ0) is 13.7. The van der Waals surface area contributed by atoms with Gasteiger partial charge in [-0.15, -0.1) is 0 Å². The topological polar surface area (TPSA) is 55.1 Å². The molecule has 0 spiro atoms. The first-order valence-electron chi connectivity index (χ1n) is 8.25. The number of carbonyl (C=O) groups excluding carboxylic acids is 1. The number of amides is 1. The van der Waals surface area contributed by atoms with Gasteiger partial charge in [0.25, 0.3) is 0 Å². The molecule has 0 aromatic rings. The second-order valence-corrected chi connectivity index (χ2v) is 6.51. The van der Waals surface area contributed by atoms with Crippen molar-refractivity contribution in [2.24, 2.45) is 23.5 Å². The lowest BCUT2D eigenvalue weighted by molar-refractivity contribution is -0.128. The Morgan fingerprint density at radius 1 is 1.21 bits per heavy atom. The average molecular weight is 266 g/mol. The maximum Gasteiger partial charge on any atom is 0.223 e. The molecule has 3 heteroatoms.